The summed E-state index contributed by atoms with van der Waals surface area (Å²) in [7, 11) is 0. The van der Waals surface area contributed by atoms with Gasteiger partial charge in [-0.2, -0.15) is 0 Å². The van der Waals surface area contributed by atoms with Crippen LogP contribution in [0.1, 0.15) is 30.8 Å². The van der Waals surface area contributed by atoms with Crippen LogP contribution < -0.4 is 10.6 Å². The molecule has 0 radical (unpaired) electrons. The van der Waals surface area contributed by atoms with E-state index < -0.39 is 0 Å². The predicted molar refractivity (Wildman–Crippen MR) is 78.9 cm³/mol. The van der Waals surface area contributed by atoms with Gasteiger partial charge < -0.3 is 10.6 Å². The lowest BCUT2D eigenvalue weighted by atomic mass is 10.2. The van der Waals surface area contributed by atoms with Crippen LogP contribution in [0, 0.1) is 5.82 Å². The first kappa shape index (κ1) is 14.9. The number of benzene rings is 1. The molecule has 0 aliphatic rings. The highest BCUT2D eigenvalue weighted by atomic mass is 19.1. The van der Waals surface area contributed by atoms with Gasteiger partial charge in [-0.25, -0.2) is 14.4 Å². The first-order valence-electron chi connectivity index (χ1n) is 6.74. The van der Waals surface area contributed by atoms with Gasteiger partial charge in [0, 0.05) is 11.7 Å². The number of hydrogen-bond acceptors (Lipinski definition) is 4. The second-order valence-electron chi connectivity index (χ2n) is 4.70. The van der Waals surface area contributed by atoms with E-state index in [1.807, 2.05) is 13.8 Å². The average molecular weight is 288 g/mol. The van der Waals surface area contributed by atoms with Crippen molar-refractivity contribution in [2.45, 2.75) is 26.3 Å². The van der Waals surface area contributed by atoms with Crippen molar-refractivity contribution in [3.05, 3.63) is 48.2 Å². The van der Waals surface area contributed by atoms with Crippen LogP contribution in [0.15, 0.2) is 36.7 Å². The Balaban J connectivity index is 2.03. The third-order valence-corrected chi connectivity index (χ3v) is 2.97. The summed E-state index contributed by atoms with van der Waals surface area (Å²) in [4.78, 5) is 20.0. The van der Waals surface area contributed by atoms with Crippen molar-refractivity contribution in [2.24, 2.45) is 0 Å². The molecule has 2 rings (SSSR count). The van der Waals surface area contributed by atoms with E-state index >= 15 is 0 Å². The summed E-state index contributed by atoms with van der Waals surface area (Å²) < 4.78 is 13.1. The van der Waals surface area contributed by atoms with Crippen molar-refractivity contribution in [3.8, 4) is 0 Å². The topological polar surface area (TPSA) is 66.9 Å². The van der Waals surface area contributed by atoms with Crippen molar-refractivity contribution < 1.29 is 9.18 Å². The molecule has 0 fully saturated rings. The highest BCUT2D eigenvalue weighted by Gasteiger charge is 2.10. The third-order valence-electron chi connectivity index (χ3n) is 2.97. The summed E-state index contributed by atoms with van der Waals surface area (Å²) >= 11 is 0. The lowest BCUT2D eigenvalue weighted by Crippen LogP contribution is -2.32. The molecule has 0 saturated carbocycles. The van der Waals surface area contributed by atoms with Gasteiger partial charge in [-0.1, -0.05) is 13.0 Å². The minimum absolute atomic E-state index is 0.0874. The zero-order chi connectivity index (χ0) is 15.2. The summed E-state index contributed by atoms with van der Waals surface area (Å²) in [6, 6.07) is 6.11. The Morgan fingerprint density at radius 2 is 2.14 bits per heavy atom. The fourth-order valence-corrected chi connectivity index (χ4v) is 1.62. The highest BCUT2D eigenvalue weighted by molar-refractivity contribution is 5.92. The summed E-state index contributed by atoms with van der Waals surface area (Å²) in [6.45, 7) is 3.91. The van der Waals surface area contributed by atoms with Gasteiger partial charge in [0.15, 0.2) is 0 Å². The molecule has 0 saturated heterocycles. The number of rotatable bonds is 5. The van der Waals surface area contributed by atoms with Crippen molar-refractivity contribution in [3.63, 3.8) is 0 Å². The minimum Gasteiger partial charge on any atom is -0.348 e. The molecular formula is C15H17FN4O. The lowest BCUT2D eigenvalue weighted by Gasteiger charge is -2.11. The molecule has 1 amide bonds. The Morgan fingerprint density at radius 1 is 1.33 bits per heavy atom. The van der Waals surface area contributed by atoms with Crippen molar-refractivity contribution in [2.75, 3.05) is 5.32 Å². The summed E-state index contributed by atoms with van der Waals surface area (Å²) in [5, 5.41) is 5.73. The molecule has 1 aromatic carbocycles. The van der Waals surface area contributed by atoms with Gasteiger partial charge in [0.2, 0.25) is 0 Å². The van der Waals surface area contributed by atoms with Gasteiger partial charge >= 0.3 is 0 Å². The van der Waals surface area contributed by atoms with Crippen LogP contribution in [0.5, 0.6) is 0 Å². The van der Waals surface area contributed by atoms with Crippen molar-refractivity contribution >= 4 is 17.4 Å². The molecule has 6 heteroatoms. The van der Waals surface area contributed by atoms with Gasteiger partial charge in [0.05, 0.1) is 12.4 Å². The first-order chi connectivity index (χ1) is 10.1. The Hall–Kier alpha value is -2.50. The Morgan fingerprint density at radius 3 is 2.76 bits per heavy atom. The number of halogens is 1. The van der Waals surface area contributed by atoms with Crippen LogP contribution in [-0.2, 0) is 0 Å². The standard InChI is InChI=1S/C15H17FN4O/c1-3-10(2)19-15(21)13-8-18-14(9-17-13)20-12-6-4-5-11(16)7-12/h4-10H,3H2,1-2H3,(H,18,20)(H,19,21). The predicted octanol–water partition coefficient (Wildman–Crippen LogP) is 2.89. The van der Waals surface area contributed by atoms with Gasteiger partial charge in [0.25, 0.3) is 5.91 Å². The molecular weight excluding hydrogens is 271 g/mol. The maximum Gasteiger partial charge on any atom is 0.271 e. The van der Waals surface area contributed by atoms with E-state index in [9.17, 15) is 9.18 Å². The monoisotopic (exact) mass is 288 g/mol. The average Bonchev–Trinajstić information content (AvgIpc) is 2.47. The van der Waals surface area contributed by atoms with Crippen molar-refractivity contribution in [1.29, 1.82) is 0 Å². The molecule has 1 heterocycles. The number of carbonyl (C=O) groups is 1. The van der Waals surface area contributed by atoms with E-state index in [1.165, 1.54) is 24.5 Å². The Bertz CT molecular complexity index is 615. The van der Waals surface area contributed by atoms with Crippen LogP contribution in [-0.4, -0.2) is 21.9 Å². The molecule has 110 valence electrons. The van der Waals surface area contributed by atoms with E-state index in [2.05, 4.69) is 20.6 Å². The van der Waals surface area contributed by atoms with Gasteiger partial charge in [-0.3, -0.25) is 4.79 Å². The maximum atomic E-state index is 13.1. The number of carbonyl (C=O) groups excluding carboxylic acids is 1. The fraction of sp³-hybridized carbons (Fsp3) is 0.267. The summed E-state index contributed by atoms with van der Waals surface area (Å²) in [6.07, 6.45) is 3.67. The SMILES string of the molecule is CCC(C)NC(=O)c1cnc(Nc2cccc(F)c2)cn1. The van der Waals surface area contributed by atoms with Crippen LogP contribution in [0.4, 0.5) is 15.9 Å². The van der Waals surface area contributed by atoms with Crippen LogP contribution in [0.3, 0.4) is 0 Å². The molecule has 1 unspecified atom stereocenters. The zero-order valence-corrected chi connectivity index (χ0v) is 11.9. The van der Waals surface area contributed by atoms with E-state index in [0.717, 1.165) is 6.42 Å². The van der Waals surface area contributed by atoms with Gasteiger partial charge in [-0.15, -0.1) is 0 Å². The van der Waals surface area contributed by atoms with Gasteiger partial charge in [0.1, 0.15) is 17.3 Å². The zero-order valence-electron chi connectivity index (χ0n) is 11.9. The second-order valence-corrected chi connectivity index (χ2v) is 4.70. The Kier molecular flexibility index (Phi) is 4.81. The molecule has 0 aliphatic heterocycles. The van der Waals surface area contributed by atoms with Crippen LogP contribution in [0.2, 0.25) is 0 Å². The highest BCUT2D eigenvalue weighted by Crippen LogP contribution is 2.14. The molecule has 1 aromatic heterocycles. The summed E-state index contributed by atoms with van der Waals surface area (Å²) in [5.74, 6) is -0.146. The molecule has 0 spiro atoms. The molecule has 2 N–H and O–H groups in total. The van der Waals surface area contributed by atoms with E-state index in [4.69, 9.17) is 0 Å². The molecule has 0 aliphatic carbocycles. The smallest absolute Gasteiger partial charge is 0.271 e. The number of nitrogens with one attached hydrogen (secondary N) is 2. The van der Waals surface area contributed by atoms with Gasteiger partial charge in [-0.05, 0) is 31.5 Å². The van der Waals surface area contributed by atoms with E-state index in [1.54, 1.807) is 12.1 Å². The number of hydrogen-bond donors (Lipinski definition) is 2. The number of amides is 1. The number of anilines is 2. The molecule has 1 atom stereocenters. The first-order valence-corrected chi connectivity index (χ1v) is 6.74. The number of nitrogens with zero attached hydrogens (tertiary/aromatic N) is 2. The van der Waals surface area contributed by atoms with E-state index in [0.29, 0.717) is 11.5 Å². The second kappa shape index (κ2) is 6.78. The maximum absolute atomic E-state index is 13.1. The molecule has 21 heavy (non-hydrogen) atoms. The number of aromatic nitrogens is 2. The van der Waals surface area contributed by atoms with Crippen LogP contribution in [0.25, 0.3) is 0 Å². The fourth-order valence-electron chi connectivity index (χ4n) is 1.62. The quantitative estimate of drug-likeness (QED) is 0.887. The molecule has 0 bridgehead atoms. The Labute approximate surface area is 122 Å². The summed E-state index contributed by atoms with van der Waals surface area (Å²) in [5.41, 5.74) is 0.821. The van der Waals surface area contributed by atoms with E-state index in [-0.39, 0.29) is 23.5 Å². The molecule has 5 nitrogen and oxygen atoms in total. The normalized spacial score (nSPS) is 11.8. The third kappa shape index (κ3) is 4.24. The van der Waals surface area contributed by atoms with Crippen molar-refractivity contribution in [1.82, 2.24) is 15.3 Å². The lowest BCUT2D eigenvalue weighted by molar-refractivity contribution is 0.0934. The minimum atomic E-state index is -0.336. The van der Waals surface area contributed by atoms with Crippen LogP contribution >= 0.6 is 0 Å². The largest absolute Gasteiger partial charge is 0.348 e. The molecule has 2 aromatic rings.